The minimum Gasteiger partial charge on any atom is -0.348 e. The number of benzene rings is 1. The quantitative estimate of drug-likeness (QED) is 0.605. The molecule has 1 aromatic carbocycles. The number of carbonyl (C=O) groups is 4. The largest absolute Gasteiger partial charge is 0.348 e. The molecule has 7 nitrogen and oxygen atoms in total. The van der Waals surface area contributed by atoms with Crippen molar-refractivity contribution in [3.63, 3.8) is 0 Å². The average Bonchev–Trinajstić information content (AvgIpc) is 3.64. The zero-order valence-electron chi connectivity index (χ0n) is 20.9. The zero-order chi connectivity index (χ0) is 25.6. The Kier molecular flexibility index (Phi) is 6.70. The van der Waals surface area contributed by atoms with E-state index < -0.39 is 17.9 Å². The van der Waals surface area contributed by atoms with Gasteiger partial charge in [-0.05, 0) is 68.6 Å². The maximum Gasteiger partial charge on any atom is 0.271 e. The SMILES string of the molecule is CCC(=O)[C@H](C[C@@H]1CCCC1=O)NC(=O)[C@@H]1[C@H]2CCC[C@H]2CN1C(=O)c1cc2c(C)ccc(F)c2[nH]1. The summed E-state index contributed by atoms with van der Waals surface area (Å²) in [6.07, 6.45) is 5.50. The van der Waals surface area contributed by atoms with E-state index in [9.17, 15) is 23.6 Å². The van der Waals surface area contributed by atoms with Crippen LogP contribution in [0, 0.1) is 30.5 Å². The Morgan fingerprint density at radius 1 is 1.19 bits per heavy atom. The van der Waals surface area contributed by atoms with Crippen LogP contribution in [0.4, 0.5) is 4.39 Å². The van der Waals surface area contributed by atoms with Crippen LogP contribution in [0.25, 0.3) is 10.9 Å². The third-order valence-electron chi connectivity index (χ3n) is 8.62. The fourth-order valence-corrected chi connectivity index (χ4v) is 6.64. The summed E-state index contributed by atoms with van der Waals surface area (Å²) in [6.45, 7) is 4.08. The van der Waals surface area contributed by atoms with Crippen LogP contribution in [-0.2, 0) is 14.4 Å². The molecule has 36 heavy (non-hydrogen) atoms. The van der Waals surface area contributed by atoms with Gasteiger partial charge in [0.1, 0.15) is 23.3 Å². The van der Waals surface area contributed by atoms with Crippen LogP contribution in [0.1, 0.15) is 74.3 Å². The van der Waals surface area contributed by atoms with Gasteiger partial charge in [-0.3, -0.25) is 19.2 Å². The van der Waals surface area contributed by atoms with E-state index in [4.69, 9.17) is 0 Å². The van der Waals surface area contributed by atoms with Crippen LogP contribution in [0.3, 0.4) is 0 Å². The van der Waals surface area contributed by atoms with E-state index in [1.807, 2.05) is 6.92 Å². The number of aryl methyl sites for hydroxylation is 1. The van der Waals surface area contributed by atoms with E-state index in [-0.39, 0.29) is 58.8 Å². The van der Waals surface area contributed by atoms with Crippen LogP contribution in [-0.4, -0.2) is 51.9 Å². The summed E-state index contributed by atoms with van der Waals surface area (Å²) in [7, 11) is 0. The summed E-state index contributed by atoms with van der Waals surface area (Å²) in [6, 6.07) is 3.30. The van der Waals surface area contributed by atoms with Crippen molar-refractivity contribution in [3.05, 3.63) is 35.3 Å². The van der Waals surface area contributed by atoms with E-state index in [1.54, 1.807) is 24.0 Å². The molecule has 2 saturated carbocycles. The Bertz CT molecular complexity index is 1180. The number of ketones is 2. The second-order valence-corrected chi connectivity index (χ2v) is 10.8. The highest BCUT2D eigenvalue weighted by molar-refractivity contribution is 6.02. The Morgan fingerprint density at radius 3 is 2.69 bits per heavy atom. The van der Waals surface area contributed by atoms with Crippen molar-refractivity contribution < 1.29 is 23.6 Å². The maximum atomic E-state index is 14.4. The number of aromatic nitrogens is 1. The number of nitrogens with zero attached hydrogens (tertiary/aromatic N) is 1. The van der Waals surface area contributed by atoms with Crippen LogP contribution in [0.2, 0.25) is 0 Å². The van der Waals surface area contributed by atoms with Crippen LogP contribution in [0.5, 0.6) is 0 Å². The van der Waals surface area contributed by atoms with Gasteiger partial charge in [-0.15, -0.1) is 0 Å². The summed E-state index contributed by atoms with van der Waals surface area (Å²) in [5.41, 5.74) is 1.40. The summed E-state index contributed by atoms with van der Waals surface area (Å²) < 4.78 is 14.4. The van der Waals surface area contributed by atoms with Crippen LogP contribution in [0.15, 0.2) is 18.2 Å². The molecule has 8 heteroatoms. The van der Waals surface area contributed by atoms with E-state index in [0.29, 0.717) is 24.8 Å². The highest BCUT2D eigenvalue weighted by atomic mass is 19.1. The Labute approximate surface area is 210 Å². The lowest BCUT2D eigenvalue weighted by Gasteiger charge is -2.29. The third kappa shape index (κ3) is 4.35. The molecule has 2 amide bonds. The molecule has 0 spiro atoms. The van der Waals surface area contributed by atoms with Gasteiger partial charge in [0.15, 0.2) is 5.78 Å². The first-order valence-corrected chi connectivity index (χ1v) is 13.2. The van der Waals surface area contributed by atoms with Crippen molar-refractivity contribution in [1.82, 2.24) is 15.2 Å². The van der Waals surface area contributed by atoms with Crippen molar-refractivity contribution in [2.45, 2.75) is 77.3 Å². The predicted octanol–water partition coefficient (Wildman–Crippen LogP) is 4.08. The smallest absolute Gasteiger partial charge is 0.271 e. The second kappa shape index (κ2) is 9.79. The number of hydrogen-bond donors (Lipinski definition) is 2. The maximum absolute atomic E-state index is 14.4. The number of nitrogens with one attached hydrogen (secondary N) is 2. The lowest BCUT2D eigenvalue weighted by molar-refractivity contribution is -0.131. The Hall–Kier alpha value is -3.03. The van der Waals surface area contributed by atoms with Gasteiger partial charge in [0.2, 0.25) is 5.91 Å². The zero-order valence-corrected chi connectivity index (χ0v) is 20.9. The van der Waals surface area contributed by atoms with Crippen molar-refractivity contribution >= 4 is 34.3 Å². The van der Waals surface area contributed by atoms with E-state index in [2.05, 4.69) is 10.3 Å². The second-order valence-electron chi connectivity index (χ2n) is 10.8. The average molecular weight is 496 g/mol. The van der Waals surface area contributed by atoms with Crippen molar-refractivity contribution in [3.8, 4) is 0 Å². The number of halogens is 1. The summed E-state index contributed by atoms with van der Waals surface area (Å²) in [5.74, 6) is -0.958. The number of likely N-dealkylation sites (tertiary alicyclic amines) is 1. The molecule has 2 aliphatic carbocycles. The molecule has 2 heterocycles. The molecule has 1 aromatic heterocycles. The third-order valence-corrected chi connectivity index (χ3v) is 8.62. The predicted molar refractivity (Wildman–Crippen MR) is 133 cm³/mol. The number of amides is 2. The first kappa shape index (κ1) is 24.7. The fourth-order valence-electron chi connectivity index (χ4n) is 6.64. The first-order valence-electron chi connectivity index (χ1n) is 13.2. The Balaban J connectivity index is 1.40. The highest BCUT2D eigenvalue weighted by Gasteiger charge is 2.50. The molecule has 1 aliphatic heterocycles. The summed E-state index contributed by atoms with van der Waals surface area (Å²) >= 11 is 0. The van der Waals surface area contributed by atoms with Crippen LogP contribution < -0.4 is 5.32 Å². The number of carbonyl (C=O) groups excluding carboxylic acids is 4. The molecule has 2 aromatic rings. The molecule has 0 unspecified atom stereocenters. The molecule has 1 saturated heterocycles. The van der Waals surface area contributed by atoms with Gasteiger partial charge in [-0.2, -0.15) is 0 Å². The van der Waals surface area contributed by atoms with Crippen LogP contribution >= 0.6 is 0 Å². The van der Waals surface area contributed by atoms with Crippen molar-refractivity contribution in [1.29, 1.82) is 0 Å². The topological polar surface area (TPSA) is 99.3 Å². The molecule has 5 atom stereocenters. The van der Waals surface area contributed by atoms with Gasteiger partial charge in [0.25, 0.3) is 5.91 Å². The number of hydrogen-bond acceptors (Lipinski definition) is 4. The van der Waals surface area contributed by atoms with Gasteiger partial charge in [0.05, 0.1) is 11.6 Å². The molecule has 192 valence electrons. The van der Waals surface area contributed by atoms with E-state index in [1.165, 1.54) is 6.07 Å². The fraction of sp³-hybridized carbons (Fsp3) is 0.571. The molecule has 3 fully saturated rings. The minimum absolute atomic E-state index is 0.0299. The van der Waals surface area contributed by atoms with Gasteiger partial charge in [-0.25, -0.2) is 4.39 Å². The molecule has 5 rings (SSSR count). The number of aromatic amines is 1. The summed E-state index contributed by atoms with van der Waals surface area (Å²) in [4.78, 5) is 56.9. The minimum atomic E-state index is -0.725. The molecular formula is C28H34FN3O4. The lowest BCUT2D eigenvalue weighted by atomic mass is 9.91. The number of H-pyrrole nitrogens is 1. The molecule has 3 aliphatic rings. The lowest BCUT2D eigenvalue weighted by Crippen LogP contribution is -2.53. The monoisotopic (exact) mass is 495 g/mol. The number of Topliss-reactive ketones (excluding diaryl/α,β-unsaturated/α-hetero) is 2. The molecule has 2 N–H and O–H groups in total. The van der Waals surface area contributed by atoms with Gasteiger partial charge in [0, 0.05) is 30.7 Å². The van der Waals surface area contributed by atoms with Crippen molar-refractivity contribution in [2.24, 2.45) is 17.8 Å². The molecule has 0 bridgehead atoms. The molecular weight excluding hydrogens is 461 g/mol. The normalized spacial score (nSPS) is 26.4. The van der Waals surface area contributed by atoms with Gasteiger partial charge < -0.3 is 15.2 Å². The molecule has 0 radical (unpaired) electrons. The van der Waals surface area contributed by atoms with E-state index >= 15 is 0 Å². The van der Waals surface area contributed by atoms with Gasteiger partial charge >= 0.3 is 0 Å². The van der Waals surface area contributed by atoms with Gasteiger partial charge in [-0.1, -0.05) is 19.4 Å². The Morgan fingerprint density at radius 2 is 2.00 bits per heavy atom. The van der Waals surface area contributed by atoms with E-state index in [0.717, 1.165) is 37.7 Å². The standard InChI is InChI=1S/C28H34FN3O4/c1-3-23(33)21(12-16-6-5-9-24(16)34)31-27(35)26-18-8-4-7-17(18)14-32(26)28(36)22-13-19-15(2)10-11-20(29)25(19)30-22/h10-11,13,16-18,21,26,30H,3-9,12,14H2,1-2H3,(H,31,35)/t16-,17-,18-,21-,26-/m0/s1. The first-order chi connectivity index (χ1) is 17.3. The number of fused-ring (bicyclic) bond motifs is 2. The van der Waals surface area contributed by atoms with Crippen molar-refractivity contribution in [2.75, 3.05) is 6.54 Å². The number of rotatable bonds is 7. The highest BCUT2D eigenvalue weighted by Crippen LogP contribution is 2.43. The summed E-state index contributed by atoms with van der Waals surface area (Å²) in [5, 5.41) is 3.59.